The normalized spacial score (nSPS) is 23.6. The molecule has 1 fully saturated rings. The van der Waals surface area contributed by atoms with Gasteiger partial charge in [-0.25, -0.2) is 4.98 Å². The van der Waals surface area contributed by atoms with Gasteiger partial charge < -0.3 is 15.3 Å². The molecular weight excluding hydrogens is 290 g/mol. The van der Waals surface area contributed by atoms with Crippen molar-refractivity contribution in [1.29, 1.82) is 0 Å². The summed E-state index contributed by atoms with van der Waals surface area (Å²) in [7, 11) is 0. The Hall–Kier alpha value is -1.62. The SMILES string of the molecule is O=C(CCCCN1CCc2cccnc21)NC1CCC(O)CC1. The van der Waals surface area contributed by atoms with E-state index in [4.69, 9.17) is 0 Å². The van der Waals surface area contributed by atoms with Crippen LogP contribution in [-0.2, 0) is 11.2 Å². The van der Waals surface area contributed by atoms with Gasteiger partial charge in [-0.3, -0.25) is 4.79 Å². The first-order valence-electron chi connectivity index (χ1n) is 8.88. The number of anilines is 1. The highest BCUT2D eigenvalue weighted by Crippen LogP contribution is 2.25. The molecule has 5 heteroatoms. The minimum absolute atomic E-state index is 0.159. The monoisotopic (exact) mass is 317 g/mol. The summed E-state index contributed by atoms with van der Waals surface area (Å²) in [6, 6.07) is 4.41. The molecule has 1 aliphatic heterocycles. The highest BCUT2D eigenvalue weighted by molar-refractivity contribution is 5.76. The van der Waals surface area contributed by atoms with Gasteiger partial charge in [0.2, 0.25) is 5.91 Å². The predicted octanol–water partition coefficient (Wildman–Crippen LogP) is 2.03. The Labute approximate surface area is 138 Å². The number of fused-ring (bicyclic) bond motifs is 1. The first-order chi connectivity index (χ1) is 11.2. The van der Waals surface area contributed by atoms with Crippen molar-refractivity contribution in [3.63, 3.8) is 0 Å². The minimum atomic E-state index is -0.167. The second kappa shape index (κ2) is 7.77. The Bertz CT molecular complexity index is 527. The van der Waals surface area contributed by atoms with Gasteiger partial charge in [0.05, 0.1) is 6.10 Å². The third-order valence-corrected chi connectivity index (χ3v) is 4.96. The molecule has 0 unspecified atom stereocenters. The molecule has 1 aliphatic carbocycles. The zero-order valence-electron chi connectivity index (χ0n) is 13.7. The summed E-state index contributed by atoms with van der Waals surface area (Å²) in [6.45, 7) is 2.02. The van der Waals surface area contributed by atoms with Crippen molar-refractivity contribution < 1.29 is 9.90 Å². The lowest BCUT2D eigenvalue weighted by atomic mass is 9.93. The van der Waals surface area contributed by atoms with Crippen LogP contribution in [0.25, 0.3) is 0 Å². The fourth-order valence-electron chi connectivity index (χ4n) is 3.60. The van der Waals surface area contributed by atoms with Crippen LogP contribution in [0.15, 0.2) is 18.3 Å². The number of rotatable bonds is 6. The van der Waals surface area contributed by atoms with Crippen LogP contribution in [0.1, 0.15) is 50.5 Å². The molecule has 2 heterocycles. The zero-order chi connectivity index (χ0) is 16.1. The van der Waals surface area contributed by atoms with E-state index < -0.39 is 0 Å². The maximum absolute atomic E-state index is 12.0. The van der Waals surface area contributed by atoms with Crippen molar-refractivity contribution in [2.45, 2.75) is 63.5 Å². The van der Waals surface area contributed by atoms with Crippen molar-refractivity contribution in [1.82, 2.24) is 10.3 Å². The van der Waals surface area contributed by atoms with Crippen LogP contribution < -0.4 is 10.2 Å². The van der Waals surface area contributed by atoms with Crippen LogP contribution in [0.2, 0.25) is 0 Å². The average Bonchev–Trinajstić information content (AvgIpc) is 2.97. The van der Waals surface area contributed by atoms with Gasteiger partial charge in [0, 0.05) is 31.7 Å². The van der Waals surface area contributed by atoms with Gasteiger partial charge in [-0.2, -0.15) is 0 Å². The molecule has 2 aliphatic rings. The number of hydrogen-bond acceptors (Lipinski definition) is 4. The molecule has 1 aromatic heterocycles. The molecule has 1 amide bonds. The zero-order valence-corrected chi connectivity index (χ0v) is 13.7. The van der Waals surface area contributed by atoms with Crippen molar-refractivity contribution >= 4 is 11.7 Å². The van der Waals surface area contributed by atoms with E-state index in [1.165, 1.54) is 5.56 Å². The van der Waals surface area contributed by atoms with Crippen LogP contribution >= 0.6 is 0 Å². The number of aliphatic hydroxyl groups is 1. The number of carbonyl (C=O) groups is 1. The van der Waals surface area contributed by atoms with Crippen molar-refractivity contribution in [2.75, 3.05) is 18.0 Å². The van der Waals surface area contributed by atoms with E-state index in [0.29, 0.717) is 6.42 Å². The van der Waals surface area contributed by atoms with Crippen molar-refractivity contribution in [3.8, 4) is 0 Å². The smallest absolute Gasteiger partial charge is 0.220 e. The molecule has 23 heavy (non-hydrogen) atoms. The molecule has 0 saturated heterocycles. The molecule has 0 radical (unpaired) electrons. The molecular formula is C18H27N3O2. The van der Waals surface area contributed by atoms with Crippen LogP contribution in [-0.4, -0.2) is 41.2 Å². The highest BCUT2D eigenvalue weighted by Gasteiger charge is 2.21. The summed E-state index contributed by atoms with van der Waals surface area (Å²) >= 11 is 0. The number of aliphatic hydroxyl groups excluding tert-OH is 1. The first-order valence-corrected chi connectivity index (χ1v) is 8.88. The van der Waals surface area contributed by atoms with Crippen LogP contribution in [0.3, 0.4) is 0 Å². The summed E-state index contributed by atoms with van der Waals surface area (Å²) in [5.41, 5.74) is 1.34. The van der Waals surface area contributed by atoms with Gasteiger partial charge in [-0.1, -0.05) is 6.07 Å². The first kappa shape index (κ1) is 16.2. The van der Waals surface area contributed by atoms with Gasteiger partial charge in [-0.15, -0.1) is 0 Å². The highest BCUT2D eigenvalue weighted by atomic mass is 16.3. The Morgan fingerprint density at radius 2 is 2.13 bits per heavy atom. The number of unbranched alkanes of at least 4 members (excludes halogenated alkanes) is 1. The number of hydrogen-bond donors (Lipinski definition) is 2. The molecule has 0 spiro atoms. The lowest BCUT2D eigenvalue weighted by Gasteiger charge is -2.26. The van der Waals surface area contributed by atoms with Gasteiger partial charge in [0.25, 0.3) is 0 Å². The van der Waals surface area contributed by atoms with Crippen LogP contribution in [0, 0.1) is 0 Å². The third kappa shape index (κ3) is 4.44. The number of amides is 1. The lowest BCUT2D eigenvalue weighted by molar-refractivity contribution is -0.122. The Balaban J connectivity index is 1.32. The fraction of sp³-hybridized carbons (Fsp3) is 0.667. The largest absolute Gasteiger partial charge is 0.393 e. The molecule has 2 N–H and O–H groups in total. The Kier molecular flexibility index (Phi) is 5.49. The second-order valence-electron chi connectivity index (χ2n) is 6.75. The van der Waals surface area contributed by atoms with E-state index in [-0.39, 0.29) is 18.1 Å². The quantitative estimate of drug-likeness (QED) is 0.788. The summed E-state index contributed by atoms with van der Waals surface area (Å²) in [6.07, 6.45) is 8.74. The van der Waals surface area contributed by atoms with E-state index >= 15 is 0 Å². The predicted molar refractivity (Wildman–Crippen MR) is 90.4 cm³/mol. The average molecular weight is 317 g/mol. The third-order valence-electron chi connectivity index (χ3n) is 4.96. The van der Waals surface area contributed by atoms with Crippen molar-refractivity contribution in [2.24, 2.45) is 0 Å². The van der Waals surface area contributed by atoms with E-state index in [1.807, 2.05) is 12.3 Å². The standard InChI is InChI=1S/C18H27N3O2/c22-16-8-6-15(7-9-16)20-17(23)5-1-2-12-21-13-10-14-4-3-11-19-18(14)21/h3-4,11,15-16,22H,1-2,5-10,12-13H2,(H,20,23). The number of nitrogens with zero attached hydrogens (tertiary/aromatic N) is 2. The Morgan fingerprint density at radius 1 is 1.30 bits per heavy atom. The molecule has 0 bridgehead atoms. The summed E-state index contributed by atoms with van der Waals surface area (Å²) < 4.78 is 0. The molecule has 1 saturated carbocycles. The fourth-order valence-corrected chi connectivity index (χ4v) is 3.60. The number of aromatic nitrogens is 1. The topological polar surface area (TPSA) is 65.5 Å². The van der Waals surface area contributed by atoms with E-state index in [1.54, 1.807) is 0 Å². The molecule has 0 aromatic carbocycles. The lowest BCUT2D eigenvalue weighted by Crippen LogP contribution is -2.38. The van der Waals surface area contributed by atoms with Gasteiger partial charge in [0.15, 0.2) is 0 Å². The molecule has 1 aromatic rings. The molecule has 5 nitrogen and oxygen atoms in total. The maximum atomic E-state index is 12.0. The summed E-state index contributed by atoms with van der Waals surface area (Å²) in [5.74, 6) is 1.28. The number of carbonyl (C=O) groups excluding carboxylic acids is 1. The van der Waals surface area contributed by atoms with Gasteiger partial charge >= 0.3 is 0 Å². The second-order valence-corrected chi connectivity index (χ2v) is 6.75. The number of pyridine rings is 1. The Morgan fingerprint density at radius 3 is 2.96 bits per heavy atom. The van der Waals surface area contributed by atoms with Crippen molar-refractivity contribution in [3.05, 3.63) is 23.9 Å². The molecule has 126 valence electrons. The van der Waals surface area contributed by atoms with E-state index in [2.05, 4.69) is 21.3 Å². The van der Waals surface area contributed by atoms with E-state index in [0.717, 1.165) is 63.9 Å². The summed E-state index contributed by atoms with van der Waals surface area (Å²) in [5, 5.41) is 12.6. The van der Waals surface area contributed by atoms with Crippen LogP contribution in [0.4, 0.5) is 5.82 Å². The number of nitrogens with one attached hydrogen (secondary N) is 1. The van der Waals surface area contributed by atoms with E-state index in [9.17, 15) is 9.90 Å². The minimum Gasteiger partial charge on any atom is -0.393 e. The maximum Gasteiger partial charge on any atom is 0.220 e. The summed E-state index contributed by atoms with van der Waals surface area (Å²) in [4.78, 5) is 18.8. The molecule has 3 rings (SSSR count). The van der Waals surface area contributed by atoms with Gasteiger partial charge in [0.1, 0.15) is 5.82 Å². The van der Waals surface area contributed by atoms with Crippen LogP contribution in [0.5, 0.6) is 0 Å². The molecule has 0 atom stereocenters. The van der Waals surface area contributed by atoms with Gasteiger partial charge in [-0.05, 0) is 56.6 Å².